The lowest BCUT2D eigenvalue weighted by molar-refractivity contribution is -0.132. The molecule has 1 aromatic carbocycles. The van der Waals surface area contributed by atoms with Gasteiger partial charge < -0.3 is 10.6 Å². The SMILES string of the molecule is NC[C@H](C(=O)N1CCC2(CCC2)C1)c1ccccc1. The number of benzene rings is 1. The molecule has 0 bridgehead atoms. The molecule has 3 rings (SSSR count). The van der Waals surface area contributed by atoms with Gasteiger partial charge in [0.05, 0.1) is 5.92 Å². The molecule has 2 N–H and O–H groups in total. The summed E-state index contributed by atoms with van der Waals surface area (Å²) in [6.45, 7) is 2.27. The maximum Gasteiger partial charge on any atom is 0.231 e. The minimum atomic E-state index is -0.170. The second-order valence-corrected chi connectivity index (χ2v) is 6.06. The number of carbonyl (C=O) groups excluding carboxylic acids is 1. The number of carbonyl (C=O) groups is 1. The first-order valence-corrected chi connectivity index (χ1v) is 7.28. The van der Waals surface area contributed by atoms with Crippen molar-refractivity contribution < 1.29 is 4.79 Å². The molecule has 1 saturated carbocycles. The topological polar surface area (TPSA) is 46.3 Å². The van der Waals surface area contributed by atoms with E-state index in [-0.39, 0.29) is 11.8 Å². The number of hydrogen-bond acceptors (Lipinski definition) is 2. The largest absolute Gasteiger partial charge is 0.342 e. The van der Waals surface area contributed by atoms with E-state index in [9.17, 15) is 4.79 Å². The van der Waals surface area contributed by atoms with E-state index in [0.717, 1.165) is 18.7 Å². The van der Waals surface area contributed by atoms with Gasteiger partial charge in [-0.1, -0.05) is 36.8 Å². The van der Waals surface area contributed by atoms with Gasteiger partial charge in [0.1, 0.15) is 0 Å². The quantitative estimate of drug-likeness (QED) is 0.902. The van der Waals surface area contributed by atoms with Crippen molar-refractivity contribution in [2.24, 2.45) is 11.1 Å². The fourth-order valence-corrected chi connectivity index (χ4v) is 3.49. The molecule has 1 heterocycles. The zero-order valence-corrected chi connectivity index (χ0v) is 11.3. The number of amides is 1. The molecule has 1 saturated heterocycles. The Morgan fingerprint density at radius 2 is 2.00 bits per heavy atom. The highest BCUT2D eigenvalue weighted by molar-refractivity contribution is 5.84. The van der Waals surface area contributed by atoms with Crippen molar-refractivity contribution in [2.75, 3.05) is 19.6 Å². The molecule has 3 heteroatoms. The molecule has 19 heavy (non-hydrogen) atoms. The van der Waals surface area contributed by atoms with Crippen molar-refractivity contribution in [3.05, 3.63) is 35.9 Å². The first-order chi connectivity index (χ1) is 9.24. The van der Waals surface area contributed by atoms with Crippen LogP contribution in [0.4, 0.5) is 0 Å². The summed E-state index contributed by atoms with van der Waals surface area (Å²) in [4.78, 5) is 14.7. The molecule has 0 aromatic heterocycles. The highest BCUT2D eigenvalue weighted by Gasteiger charge is 2.44. The number of nitrogens with two attached hydrogens (primary N) is 1. The van der Waals surface area contributed by atoms with E-state index in [1.165, 1.54) is 25.7 Å². The molecule has 1 spiro atoms. The van der Waals surface area contributed by atoms with Crippen LogP contribution in [0.15, 0.2) is 30.3 Å². The van der Waals surface area contributed by atoms with Gasteiger partial charge in [0, 0.05) is 19.6 Å². The van der Waals surface area contributed by atoms with E-state index in [1.807, 2.05) is 35.2 Å². The highest BCUT2D eigenvalue weighted by atomic mass is 16.2. The Morgan fingerprint density at radius 3 is 2.53 bits per heavy atom. The molecule has 2 aliphatic rings. The second-order valence-electron chi connectivity index (χ2n) is 6.06. The molecular weight excluding hydrogens is 236 g/mol. The Hall–Kier alpha value is -1.35. The van der Waals surface area contributed by atoms with Crippen LogP contribution in [-0.2, 0) is 4.79 Å². The molecular formula is C16H22N2O. The van der Waals surface area contributed by atoms with E-state index >= 15 is 0 Å². The van der Waals surface area contributed by atoms with Crippen molar-refractivity contribution in [3.63, 3.8) is 0 Å². The normalized spacial score (nSPS) is 22.3. The van der Waals surface area contributed by atoms with Gasteiger partial charge in [-0.15, -0.1) is 0 Å². The average Bonchev–Trinajstić information content (AvgIpc) is 2.86. The second kappa shape index (κ2) is 4.97. The summed E-state index contributed by atoms with van der Waals surface area (Å²) in [5.41, 5.74) is 7.35. The summed E-state index contributed by atoms with van der Waals surface area (Å²) in [6, 6.07) is 9.93. The number of nitrogens with zero attached hydrogens (tertiary/aromatic N) is 1. The van der Waals surface area contributed by atoms with Gasteiger partial charge in [-0.05, 0) is 30.2 Å². The Labute approximate surface area is 114 Å². The van der Waals surface area contributed by atoms with E-state index in [4.69, 9.17) is 5.73 Å². The third kappa shape index (κ3) is 2.27. The van der Waals surface area contributed by atoms with Crippen molar-refractivity contribution in [3.8, 4) is 0 Å². The predicted molar refractivity (Wildman–Crippen MR) is 75.7 cm³/mol. The minimum absolute atomic E-state index is 0.170. The van der Waals surface area contributed by atoms with E-state index < -0.39 is 0 Å². The minimum Gasteiger partial charge on any atom is -0.342 e. The van der Waals surface area contributed by atoms with Crippen LogP contribution < -0.4 is 5.73 Å². The molecule has 1 aliphatic heterocycles. The molecule has 1 aromatic rings. The standard InChI is InChI=1S/C16H22N2O/c17-11-14(13-5-2-1-3-6-13)15(19)18-10-9-16(12-18)7-4-8-16/h1-3,5-6,14H,4,7-12,17H2/t14-/m0/s1. The Balaban J connectivity index is 1.72. The summed E-state index contributed by atoms with van der Waals surface area (Å²) in [7, 11) is 0. The lowest BCUT2D eigenvalue weighted by Gasteiger charge is -2.38. The maximum absolute atomic E-state index is 12.7. The monoisotopic (exact) mass is 258 g/mol. The molecule has 0 unspecified atom stereocenters. The molecule has 2 fully saturated rings. The average molecular weight is 258 g/mol. The third-order valence-electron chi connectivity index (χ3n) is 4.90. The van der Waals surface area contributed by atoms with E-state index in [0.29, 0.717) is 12.0 Å². The van der Waals surface area contributed by atoms with E-state index in [1.54, 1.807) is 0 Å². The summed E-state index contributed by atoms with van der Waals surface area (Å²) >= 11 is 0. The van der Waals surface area contributed by atoms with Gasteiger partial charge >= 0.3 is 0 Å². The molecule has 1 amide bonds. The van der Waals surface area contributed by atoms with Crippen LogP contribution >= 0.6 is 0 Å². The lowest BCUT2D eigenvalue weighted by atomic mass is 9.68. The van der Waals surface area contributed by atoms with Crippen LogP contribution in [0.2, 0.25) is 0 Å². The maximum atomic E-state index is 12.7. The van der Waals surface area contributed by atoms with Gasteiger partial charge in [-0.3, -0.25) is 4.79 Å². The van der Waals surface area contributed by atoms with Gasteiger partial charge in [0.2, 0.25) is 5.91 Å². The molecule has 1 atom stereocenters. The van der Waals surface area contributed by atoms with Crippen LogP contribution in [0.1, 0.15) is 37.2 Å². The highest BCUT2D eigenvalue weighted by Crippen LogP contribution is 2.48. The number of hydrogen-bond donors (Lipinski definition) is 1. The van der Waals surface area contributed by atoms with Crippen molar-refractivity contribution in [1.82, 2.24) is 4.90 Å². The Bertz CT molecular complexity index is 453. The van der Waals surface area contributed by atoms with Crippen molar-refractivity contribution in [1.29, 1.82) is 0 Å². The summed E-state index contributed by atoms with van der Waals surface area (Å²) in [5, 5.41) is 0. The first-order valence-electron chi connectivity index (χ1n) is 7.28. The lowest BCUT2D eigenvalue weighted by Crippen LogP contribution is -2.39. The fourth-order valence-electron chi connectivity index (χ4n) is 3.49. The number of rotatable bonds is 3. The van der Waals surface area contributed by atoms with Gasteiger partial charge in [-0.2, -0.15) is 0 Å². The van der Waals surface area contributed by atoms with Gasteiger partial charge in [0.15, 0.2) is 0 Å². The van der Waals surface area contributed by atoms with Crippen molar-refractivity contribution >= 4 is 5.91 Å². The van der Waals surface area contributed by atoms with Crippen LogP contribution in [0.5, 0.6) is 0 Å². The predicted octanol–water partition coefficient (Wildman–Crippen LogP) is 2.13. The third-order valence-corrected chi connectivity index (χ3v) is 4.90. The molecule has 0 radical (unpaired) electrons. The first kappa shape index (κ1) is 12.7. The van der Waals surface area contributed by atoms with E-state index in [2.05, 4.69) is 0 Å². The number of likely N-dealkylation sites (tertiary alicyclic amines) is 1. The summed E-state index contributed by atoms with van der Waals surface area (Å²) in [5.74, 6) is 0.0499. The smallest absolute Gasteiger partial charge is 0.231 e. The molecule has 1 aliphatic carbocycles. The van der Waals surface area contributed by atoms with Gasteiger partial charge in [-0.25, -0.2) is 0 Å². The van der Waals surface area contributed by atoms with Crippen LogP contribution in [0, 0.1) is 5.41 Å². The molecule has 102 valence electrons. The van der Waals surface area contributed by atoms with Crippen LogP contribution in [-0.4, -0.2) is 30.4 Å². The fraction of sp³-hybridized carbons (Fsp3) is 0.562. The van der Waals surface area contributed by atoms with Crippen molar-refractivity contribution in [2.45, 2.75) is 31.6 Å². The van der Waals surface area contributed by atoms with Gasteiger partial charge in [0.25, 0.3) is 0 Å². The van der Waals surface area contributed by atoms with Crippen LogP contribution in [0.25, 0.3) is 0 Å². The summed E-state index contributed by atoms with van der Waals surface area (Å²) < 4.78 is 0. The summed E-state index contributed by atoms with van der Waals surface area (Å²) in [6.07, 6.45) is 5.12. The van der Waals surface area contributed by atoms with Crippen LogP contribution in [0.3, 0.4) is 0 Å². The molecule has 3 nitrogen and oxygen atoms in total. The Kier molecular flexibility index (Phi) is 3.31. The Morgan fingerprint density at radius 1 is 1.26 bits per heavy atom. The zero-order chi connectivity index (χ0) is 13.3. The zero-order valence-electron chi connectivity index (χ0n) is 11.3.